The Labute approximate surface area is 89.9 Å². The molecule has 0 aliphatic carbocycles. The third-order valence-electron chi connectivity index (χ3n) is 1.49. The molecule has 0 saturated heterocycles. The van der Waals surface area contributed by atoms with E-state index in [4.69, 9.17) is 9.47 Å². The third-order valence-corrected chi connectivity index (χ3v) is 1.98. The average Bonchev–Trinajstić information content (AvgIpc) is 2.18. The zero-order chi connectivity index (χ0) is 10.6. The molecule has 0 heterocycles. The molecule has 5 heteroatoms. The lowest BCUT2D eigenvalue weighted by Crippen LogP contribution is -2.08. The molecule has 0 fully saturated rings. The van der Waals surface area contributed by atoms with Crippen LogP contribution in [0.4, 0.5) is 4.79 Å². The first kappa shape index (κ1) is 10.8. The topological polar surface area (TPSA) is 44.8 Å². The van der Waals surface area contributed by atoms with Gasteiger partial charge in [0.1, 0.15) is 0 Å². The third kappa shape index (κ3) is 2.63. The maximum atomic E-state index is 10.8. The molecule has 0 aliphatic rings. The zero-order valence-corrected chi connectivity index (χ0v) is 9.33. The Morgan fingerprint density at radius 2 is 2.00 bits per heavy atom. The highest BCUT2D eigenvalue weighted by atomic mass is 79.9. The van der Waals surface area contributed by atoms with E-state index in [2.05, 4.69) is 20.7 Å². The largest absolute Gasteiger partial charge is 0.513 e. The number of carbonyl (C=O) groups excluding carboxylic acids is 1. The van der Waals surface area contributed by atoms with Gasteiger partial charge < -0.3 is 14.2 Å². The van der Waals surface area contributed by atoms with Crippen LogP contribution >= 0.6 is 15.9 Å². The van der Waals surface area contributed by atoms with Gasteiger partial charge in [0.2, 0.25) is 0 Å². The van der Waals surface area contributed by atoms with E-state index < -0.39 is 6.16 Å². The van der Waals surface area contributed by atoms with Crippen LogP contribution in [0.1, 0.15) is 0 Å². The van der Waals surface area contributed by atoms with Crippen molar-refractivity contribution in [3.05, 3.63) is 22.7 Å². The highest BCUT2D eigenvalue weighted by molar-refractivity contribution is 9.10. The van der Waals surface area contributed by atoms with Crippen LogP contribution < -0.4 is 9.47 Å². The van der Waals surface area contributed by atoms with Gasteiger partial charge in [0, 0.05) is 4.47 Å². The summed E-state index contributed by atoms with van der Waals surface area (Å²) in [5.74, 6) is 0.785. The maximum Gasteiger partial charge on any atom is 0.513 e. The Kier molecular flexibility index (Phi) is 3.76. The summed E-state index contributed by atoms with van der Waals surface area (Å²) < 4.78 is 15.0. The highest BCUT2D eigenvalue weighted by Crippen LogP contribution is 2.30. The van der Waals surface area contributed by atoms with Crippen molar-refractivity contribution in [1.82, 2.24) is 0 Å². The Balaban J connectivity index is 2.93. The van der Waals surface area contributed by atoms with Gasteiger partial charge in [-0.15, -0.1) is 0 Å². The molecule has 1 aromatic rings. The van der Waals surface area contributed by atoms with Crippen molar-refractivity contribution in [2.45, 2.75) is 0 Å². The maximum absolute atomic E-state index is 10.8. The predicted molar refractivity (Wildman–Crippen MR) is 53.7 cm³/mol. The van der Waals surface area contributed by atoms with Gasteiger partial charge in [0.15, 0.2) is 11.5 Å². The molecule has 0 saturated carbocycles. The normalized spacial score (nSPS) is 9.36. The van der Waals surface area contributed by atoms with Crippen LogP contribution in [0.2, 0.25) is 0 Å². The van der Waals surface area contributed by atoms with Gasteiger partial charge in [-0.1, -0.05) is 15.9 Å². The van der Waals surface area contributed by atoms with E-state index in [0.29, 0.717) is 11.5 Å². The van der Waals surface area contributed by atoms with Crippen molar-refractivity contribution < 1.29 is 19.0 Å². The second-order valence-corrected chi connectivity index (χ2v) is 3.27. The molecule has 1 rings (SSSR count). The highest BCUT2D eigenvalue weighted by Gasteiger charge is 2.09. The first-order chi connectivity index (χ1) is 6.67. The summed E-state index contributed by atoms with van der Waals surface area (Å²) in [5, 5.41) is 0. The van der Waals surface area contributed by atoms with E-state index >= 15 is 0 Å². The molecule has 4 nitrogen and oxygen atoms in total. The lowest BCUT2D eigenvalue weighted by Gasteiger charge is -2.07. The second-order valence-electron chi connectivity index (χ2n) is 2.35. The molecule has 0 aliphatic heterocycles. The molecule has 76 valence electrons. The Hall–Kier alpha value is -1.23. The Morgan fingerprint density at radius 1 is 1.29 bits per heavy atom. The Morgan fingerprint density at radius 3 is 2.57 bits per heavy atom. The lowest BCUT2D eigenvalue weighted by molar-refractivity contribution is 0.120. The van der Waals surface area contributed by atoms with Gasteiger partial charge in [-0.25, -0.2) is 4.79 Å². The number of benzene rings is 1. The standard InChI is InChI=1S/C9H9BrO4/c1-12-7-4-3-6(10)5-8(7)14-9(11)13-2/h3-5H,1-2H3. The van der Waals surface area contributed by atoms with Gasteiger partial charge in [0.05, 0.1) is 14.2 Å². The number of hydrogen-bond donors (Lipinski definition) is 0. The van der Waals surface area contributed by atoms with Crippen molar-refractivity contribution >= 4 is 22.1 Å². The van der Waals surface area contributed by atoms with Crippen LogP contribution in [-0.4, -0.2) is 20.4 Å². The summed E-state index contributed by atoms with van der Waals surface area (Å²) in [6.07, 6.45) is -0.776. The fraction of sp³-hybridized carbons (Fsp3) is 0.222. The second kappa shape index (κ2) is 4.85. The minimum Gasteiger partial charge on any atom is -0.493 e. The molecule has 0 amide bonds. The molecular weight excluding hydrogens is 252 g/mol. The van der Waals surface area contributed by atoms with Gasteiger partial charge in [-0.05, 0) is 18.2 Å². The van der Waals surface area contributed by atoms with E-state index in [0.717, 1.165) is 4.47 Å². The van der Waals surface area contributed by atoms with E-state index in [1.165, 1.54) is 14.2 Å². The summed E-state index contributed by atoms with van der Waals surface area (Å²) in [5.41, 5.74) is 0. The summed E-state index contributed by atoms with van der Waals surface area (Å²) in [6.45, 7) is 0. The first-order valence-corrected chi connectivity index (χ1v) is 4.56. The fourth-order valence-electron chi connectivity index (χ4n) is 0.862. The molecule has 0 atom stereocenters. The van der Waals surface area contributed by atoms with Gasteiger partial charge in [-0.2, -0.15) is 0 Å². The van der Waals surface area contributed by atoms with Crippen molar-refractivity contribution in [3.63, 3.8) is 0 Å². The average molecular weight is 261 g/mol. The van der Waals surface area contributed by atoms with Crippen LogP contribution in [0.3, 0.4) is 0 Å². The van der Waals surface area contributed by atoms with Crippen LogP contribution in [0.25, 0.3) is 0 Å². The Bertz CT molecular complexity index is 338. The molecule has 0 aromatic heterocycles. The van der Waals surface area contributed by atoms with E-state index in [1.807, 2.05) is 0 Å². The summed E-state index contributed by atoms with van der Waals surface area (Å²) >= 11 is 3.25. The van der Waals surface area contributed by atoms with E-state index in [9.17, 15) is 4.79 Å². The van der Waals surface area contributed by atoms with Crippen molar-refractivity contribution in [1.29, 1.82) is 0 Å². The van der Waals surface area contributed by atoms with Crippen molar-refractivity contribution in [2.24, 2.45) is 0 Å². The fourth-order valence-corrected chi connectivity index (χ4v) is 1.20. The summed E-state index contributed by atoms with van der Waals surface area (Å²) in [6, 6.07) is 5.08. The number of methoxy groups -OCH3 is 2. The molecular formula is C9H9BrO4. The molecule has 0 N–H and O–H groups in total. The van der Waals surface area contributed by atoms with Crippen LogP contribution in [0.15, 0.2) is 22.7 Å². The SMILES string of the molecule is COC(=O)Oc1cc(Br)ccc1OC. The van der Waals surface area contributed by atoms with Gasteiger partial charge >= 0.3 is 6.16 Å². The molecule has 0 radical (unpaired) electrons. The number of hydrogen-bond acceptors (Lipinski definition) is 4. The smallest absolute Gasteiger partial charge is 0.493 e. The van der Waals surface area contributed by atoms with Crippen LogP contribution in [0, 0.1) is 0 Å². The molecule has 0 unspecified atom stereocenters. The van der Waals surface area contributed by atoms with Crippen molar-refractivity contribution in [2.75, 3.05) is 14.2 Å². The molecule has 14 heavy (non-hydrogen) atoms. The van der Waals surface area contributed by atoms with Crippen molar-refractivity contribution in [3.8, 4) is 11.5 Å². The summed E-state index contributed by atoms with van der Waals surface area (Å²) in [4.78, 5) is 10.8. The monoisotopic (exact) mass is 260 g/mol. The predicted octanol–water partition coefficient (Wildman–Crippen LogP) is 2.60. The molecule has 0 spiro atoms. The minimum absolute atomic E-state index is 0.314. The lowest BCUT2D eigenvalue weighted by atomic mass is 10.3. The molecule has 1 aromatic carbocycles. The number of halogens is 1. The minimum atomic E-state index is -0.776. The quantitative estimate of drug-likeness (QED) is 0.606. The molecule has 0 bridgehead atoms. The van der Waals surface area contributed by atoms with Gasteiger partial charge in [-0.3, -0.25) is 0 Å². The number of ether oxygens (including phenoxy) is 3. The zero-order valence-electron chi connectivity index (χ0n) is 7.74. The first-order valence-electron chi connectivity index (χ1n) is 3.76. The number of carbonyl (C=O) groups is 1. The van der Waals surface area contributed by atoms with E-state index in [1.54, 1.807) is 18.2 Å². The van der Waals surface area contributed by atoms with Crippen LogP contribution in [-0.2, 0) is 4.74 Å². The summed E-state index contributed by atoms with van der Waals surface area (Å²) in [7, 11) is 2.74. The number of rotatable bonds is 2. The van der Waals surface area contributed by atoms with Crippen LogP contribution in [0.5, 0.6) is 11.5 Å². The van der Waals surface area contributed by atoms with Gasteiger partial charge in [0.25, 0.3) is 0 Å². The van der Waals surface area contributed by atoms with E-state index in [-0.39, 0.29) is 0 Å².